The van der Waals surface area contributed by atoms with Gasteiger partial charge in [0.15, 0.2) is 0 Å². The molecule has 7 nitrogen and oxygen atoms in total. The van der Waals surface area contributed by atoms with Crippen LogP contribution in [-0.2, 0) is 0 Å². The molecule has 21 heavy (non-hydrogen) atoms. The number of nitrogens with one attached hydrogen (secondary N) is 1. The van der Waals surface area contributed by atoms with E-state index < -0.39 is 4.92 Å². The molecule has 1 fully saturated rings. The Balaban J connectivity index is 2.29. The third kappa shape index (κ3) is 3.84. The summed E-state index contributed by atoms with van der Waals surface area (Å²) in [6.45, 7) is 4.00. The van der Waals surface area contributed by atoms with Gasteiger partial charge in [0.2, 0.25) is 0 Å². The molecule has 0 radical (unpaired) electrons. The zero-order chi connectivity index (χ0) is 15.2. The largest absolute Gasteiger partial charge is 0.369 e. The predicted octanol–water partition coefficient (Wildman–Crippen LogP) is 2.00. The minimum Gasteiger partial charge on any atom is -0.369 e. The number of aromatic nitrogens is 1. The molecule has 1 aromatic rings. The van der Waals surface area contributed by atoms with Crippen molar-refractivity contribution < 1.29 is 9.72 Å². The maximum Gasteiger partial charge on any atom is 0.288 e. The Labute approximate surface area is 127 Å². The van der Waals surface area contributed by atoms with E-state index in [1.54, 1.807) is 16.7 Å². The van der Waals surface area contributed by atoms with Crippen LogP contribution in [0.3, 0.4) is 0 Å². The Morgan fingerprint density at radius 2 is 2.24 bits per heavy atom. The van der Waals surface area contributed by atoms with Gasteiger partial charge in [0, 0.05) is 37.2 Å². The van der Waals surface area contributed by atoms with E-state index in [0.717, 1.165) is 17.9 Å². The number of pyridine rings is 1. The van der Waals surface area contributed by atoms with Crippen LogP contribution in [-0.4, -0.2) is 51.9 Å². The average Bonchev–Trinajstić information content (AvgIpc) is 2.52. The zero-order valence-corrected chi connectivity index (χ0v) is 12.7. The molecule has 0 aliphatic carbocycles. The van der Waals surface area contributed by atoms with Gasteiger partial charge in [-0.15, -0.1) is 0 Å². The summed E-state index contributed by atoms with van der Waals surface area (Å²) in [6, 6.07) is 1.31. The number of rotatable bonds is 5. The third-order valence-corrected chi connectivity index (χ3v) is 4.10. The van der Waals surface area contributed by atoms with Crippen LogP contribution in [0.1, 0.15) is 23.7 Å². The fourth-order valence-electron chi connectivity index (χ4n) is 2.04. The third-order valence-electron chi connectivity index (χ3n) is 3.16. The van der Waals surface area contributed by atoms with Gasteiger partial charge in [-0.2, -0.15) is 11.8 Å². The summed E-state index contributed by atoms with van der Waals surface area (Å²) in [5.74, 6) is 2.02. The molecule has 2 rings (SSSR count). The lowest BCUT2D eigenvalue weighted by Crippen LogP contribution is -2.38. The number of hydrogen-bond acceptors (Lipinski definition) is 6. The van der Waals surface area contributed by atoms with E-state index >= 15 is 0 Å². The number of nitro groups is 1. The first-order valence-electron chi connectivity index (χ1n) is 6.88. The first kappa shape index (κ1) is 15.6. The average molecular weight is 310 g/mol. The predicted molar refractivity (Wildman–Crippen MR) is 82.9 cm³/mol. The Bertz CT molecular complexity index is 532. The monoisotopic (exact) mass is 310 g/mol. The van der Waals surface area contributed by atoms with E-state index in [1.807, 2.05) is 6.92 Å². The maximum absolute atomic E-state index is 12.6. The summed E-state index contributed by atoms with van der Waals surface area (Å²) in [4.78, 5) is 28.7. The van der Waals surface area contributed by atoms with Crippen molar-refractivity contribution in [2.45, 2.75) is 13.3 Å². The lowest BCUT2D eigenvalue weighted by molar-refractivity contribution is -0.385. The van der Waals surface area contributed by atoms with Gasteiger partial charge in [0.25, 0.3) is 11.6 Å². The SMILES string of the molecule is CCCNc1ncc([N+](=O)[O-])cc1C(=O)N1CCSCC1. The highest BCUT2D eigenvalue weighted by molar-refractivity contribution is 7.99. The first-order chi connectivity index (χ1) is 10.1. The molecular weight excluding hydrogens is 292 g/mol. The number of carbonyl (C=O) groups excluding carboxylic acids is 1. The number of anilines is 1. The molecule has 0 unspecified atom stereocenters. The van der Waals surface area contributed by atoms with Crippen molar-refractivity contribution in [3.8, 4) is 0 Å². The Morgan fingerprint density at radius 3 is 2.86 bits per heavy atom. The van der Waals surface area contributed by atoms with Crippen LogP contribution in [0.4, 0.5) is 11.5 Å². The molecule has 1 aliphatic heterocycles. The van der Waals surface area contributed by atoms with Crippen molar-refractivity contribution in [2.24, 2.45) is 0 Å². The van der Waals surface area contributed by atoms with Gasteiger partial charge in [0.05, 0.1) is 10.5 Å². The van der Waals surface area contributed by atoms with Crippen LogP contribution in [0.5, 0.6) is 0 Å². The van der Waals surface area contributed by atoms with Gasteiger partial charge < -0.3 is 10.2 Å². The normalized spacial score (nSPS) is 14.8. The lowest BCUT2D eigenvalue weighted by atomic mass is 10.2. The first-order valence-corrected chi connectivity index (χ1v) is 8.04. The van der Waals surface area contributed by atoms with E-state index in [-0.39, 0.29) is 17.2 Å². The van der Waals surface area contributed by atoms with Crippen molar-refractivity contribution in [1.82, 2.24) is 9.88 Å². The summed E-state index contributed by atoms with van der Waals surface area (Å²) in [6.07, 6.45) is 2.06. The van der Waals surface area contributed by atoms with Crippen LogP contribution < -0.4 is 5.32 Å². The molecule has 2 heterocycles. The van der Waals surface area contributed by atoms with Crippen molar-refractivity contribution in [3.63, 3.8) is 0 Å². The number of thioether (sulfide) groups is 1. The van der Waals surface area contributed by atoms with Crippen molar-refractivity contribution in [1.29, 1.82) is 0 Å². The highest BCUT2D eigenvalue weighted by Gasteiger charge is 2.24. The van der Waals surface area contributed by atoms with Crippen molar-refractivity contribution in [2.75, 3.05) is 36.5 Å². The maximum atomic E-state index is 12.6. The number of hydrogen-bond donors (Lipinski definition) is 1. The van der Waals surface area contributed by atoms with Crippen molar-refractivity contribution in [3.05, 3.63) is 27.9 Å². The molecule has 1 N–H and O–H groups in total. The highest BCUT2D eigenvalue weighted by atomic mass is 32.2. The smallest absolute Gasteiger partial charge is 0.288 e. The minimum atomic E-state index is -0.528. The summed E-state index contributed by atoms with van der Waals surface area (Å²) < 4.78 is 0. The fraction of sp³-hybridized carbons (Fsp3) is 0.538. The Morgan fingerprint density at radius 1 is 1.52 bits per heavy atom. The van der Waals surface area contributed by atoms with E-state index in [9.17, 15) is 14.9 Å². The van der Waals surface area contributed by atoms with Crippen molar-refractivity contribution >= 4 is 29.2 Å². The molecule has 0 atom stereocenters. The summed E-state index contributed by atoms with van der Waals surface area (Å²) in [7, 11) is 0. The Hall–Kier alpha value is -1.83. The molecule has 8 heteroatoms. The second-order valence-corrected chi connectivity index (χ2v) is 5.90. The van der Waals surface area contributed by atoms with Crippen LogP contribution >= 0.6 is 11.8 Å². The molecule has 0 saturated carbocycles. The van der Waals surface area contributed by atoms with Gasteiger partial charge >= 0.3 is 0 Å². The summed E-state index contributed by atoms with van der Waals surface area (Å²) in [5.41, 5.74) is 0.122. The van der Waals surface area contributed by atoms with E-state index in [2.05, 4.69) is 10.3 Å². The molecule has 1 amide bonds. The van der Waals surface area contributed by atoms with Gasteiger partial charge in [-0.3, -0.25) is 14.9 Å². The molecule has 1 saturated heterocycles. The van der Waals surface area contributed by atoms with E-state index in [4.69, 9.17) is 0 Å². The molecule has 1 aliphatic rings. The zero-order valence-electron chi connectivity index (χ0n) is 11.9. The van der Waals surface area contributed by atoms with Gasteiger partial charge in [0.1, 0.15) is 12.0 Å². The molecule has 0 aromatic carbocycles. The highest BCUT2D eigenvalue weighted by Crippen LogP contribution is 2.22. The number of amides is 1. The second kappa shape index (κ2) is 7.26. The molecule has 114 valence electrons. The number of carbonyl (C=O) groups is 1. The van der Waals surface area contributed by atoms with Gasteiger partial charge in [-0.05, 0) is 6.42 Å². The lowest BCUT2D eigenvalue weighted by Gasteiger charge is -2.27. The fourth-order valence-corrected chi connectivity index (χ4v) is 2.94. The summed E-state index contributed by atoms with van der Waals surface area (Å²) >= 11 is 1.80. The van der Waals surface area contributed by atoms with E-state index in [0.29, 0.717) is 25.5 Å². The Kier molecular flexibility index (Phi) is 5.38. The molecule has 0 spiro atoms. The van der Waals surface area contributed by atoms with E-state index in [1.165, 1.54) is 12.3 Å². The molecular formula is C13H18N4O3S. The second-order valence-electron chi connectivity index (χ2n) is 4.68. The quantitative estimate of drug-likeness (QED) is 0.661. The van der Waals surface area contributed by atoms with Gasteiger partial charge in [-0.1, -0.05) is 6.92 Å². The van der Waals surface area contributed by atoms with Crippen LogP contribution in [0.15, 0.2) is 12.3 Å². The number of nitrogens with zero attached hydrogens (tertiary/aromatic N) is 3. The topological polar surface area (TPSA) is 88.4 Å². The minimum absolute atomic E-state index is 0.160. The van der Waals surface area contributed by atoms with Crippen LogP contribution in [0.2, 0.25) is 0 Å². The summed E-state index contributed by atoms with van der Waals surface area (Å²) in [5, 5.41) is 14.0. The van der Waals surface area contributed by atoms with Gasteiger partial charge in [-0.25, -0.2) is 4.98 Å². The molecule has 0 bridgehead atoms. The standard InChI is InChI=1S/C13H18N4O3S/c1-2-3-14-12-11(8-10(9-15-12)17(19)20)13(18)16-4-6-21-7-5-16/h8-9H,2-7H2,1H3,(H,14,15). The molecule has 1 aromatic heterocycles. The van der Waals surface area contributed by atoms with Crippen LogP contribution in [0.25, 0.3) is 0 Å². The van der Waals surface area contributed by atoms with Crippen LogP contribution in [0, 0.1) is 10.1 Å².